The van der Waals surface area contributed by atoms with Gasteiger partial charge >= 0.3 is 0 Å². The molecule has 1 aromatic heterocycles. The largest absolute Gasteiger partial charge is 0.388 e. The summed E-state index contributed by atoms with van der Waals surface area (Å²) in [5, 5.41) is 9.99. The molecule has 1 aliphatic rings. The molecule has 0 spiro atoms. The number of rotatable bonds is 4. The molecule has 0 bridgehead atoms. The van der Waals surface area contributed by atoms with Gasteiger partial charge in [-0.1, -0.05) is 0 Å². The first-order chi connectivity index (χ1) is 8.67. The third-order valence-electron chi connectivity index (χ3n) is 3.11. The molecule has 1 aromatic rings. The van der Waals surface area contributed by atoms with E-state index >= 15 is 0 Å². The number of hydrogen-bond donors (Lipinski definition) is 1. The highest BCUT2D eigenvalue weighted by Crippen LogP contribution is 2.24. The summed E-state index contributed by atoms with van der Waals surface area (Å²) in [5.41, 5.74) is 0. The highest BCUT2D eigenvalue weighted by atomic mass is 16.8. The maximum Gasteiger partial charge on any atom is 0.254 e. The lowest BCUT2D eigenvalue weighted by molar-refractivity contribution is -0.301. The summed E-state index contributed by atoms with van der Waals surface area (Å²) in [4.78, 5) is 5.63. The van der Waals surface area contributed by atoms with Gasteiger partial charge < -0.3 is 24.2 Å². The predicted molar refractivity (Wildman–Crippen MR) is 62.9 cm³/mol. The third-order valence-corrected chi connectivity index (χ3v) is 3.11. The number of methoxy groups -OCH3 is 2. The summed E-state index contributed by atoms with van der Waals surface area (Å²) in [7, 11) is 3.07. The van der Waals surface area contributed by atoms with Gasteiger partial charge in [0.15, 0.2) is 6.10 Å². The predicted octanol–water partition coefficient (Wildman–Crippen LogP) is 0.0524. The number of ether oxygens (including phenoxy) is 3. The van der Waals surface area contributed by atoms with E-state index in [0.29, 0.717) is 0 Å². The van der Waals surface area contributed by atoms with Gasteiger partial charge in [0.1, 0.15) is 12.2 Å². The van der Waals surface area contributed by atoms with Crippen LogP contribution in [0.25, 0.3) is 0 Å². The van der Waals surface area contributed by atoms with Crippen LogP contribution in [0, 0.1) is 0 Å². The zero-order valence-electron chi connectivity index (χ0n) is 10.7. The van der Waals surface area contributed by atoms with Gasteiger partial charge in [-0.15, -0.1) is 0 Å². The van der Waals surface area contributed by atoms with Crippen molar-refractivity contribution >= 4 is 0 Å². The molecular weight excluding hydrogens is 238 g/mol. The summed E-state index contributed by atoms with van der Waals surface area (Å²) in [6.07, 6.45) is 0.765. The van der Waals surface area contributed by atoms with E-state index in [9.17, 15) is 5.11 Å². The van der Waals surface area contributed by atoms with Crippen molar-refractivity contribution in [3.05, 3.63) is 24.5 Å². The minimum atomic E-state index is -0.746. The fraction of sp³-hybridized carbons (Fsp3) is 0.667. The normalized spacial score (nSPS) is 36.6. The second kappa shape index (κ2) is 5.71. The average molecular weight is 257 g/mol. The number of nitrogens with zero attached hydrogens (tertiary/aromatic N) is 1. The van der Waals surface area contributed by atoms with Gasteiger partial charge in [-0.05, 0) is 19.1 Å². The number of aromatic nitrogens is 1. The first kappa shape index (κ1) is 13.4. The van der Waals surface area contributed by atoms with E-state index in [2.05, 4.69) is 0 Å². The smallest absolute Gasteiger partial charge is 0.254 e. The van der Waals surface area contributed by atoms with Crippen LogP contribution in [0.5, 0.6) is 0 Å². The van der Waals surface area contributed by atoms with Crippen LogP contribution in [0.3, 0.4) is 0 Å². The van der Waals surface area contributed by atoms with Crippen molar-refractivity contribution in [2.75, 3.05) is 14.2 Å². The Morgan fingerprint density at radius 1 is 1.11 bits per heavy atom. The zero-order chi connectivity index (χ0) is 13.1. The van der Waals surface area contributed by atoms with E-state index in [4.69, 9.17) is 19.0 Å². The Labute approximate surface area is 106 Å². The van der Waals surface area contributed by atoms with Crippen molar-refractivity contribution in [2.24, 2.45) is 0 Å². The standard InChI is InChI=1S/C12H19NO5/c1-8-9(14)10(15-2)11(16-3)12(17-8)18-13-6-4-5-7-13/h4-12,14H,1-3H3/t8-,9-,10+,11-,12-/m0/s1. The number of aliphatic hydroxyl groups excluding tert-OH is 1. The Morgan fingerprint density at radius 3 is 2.28 bits per heavy atom. The fourth-order valence-corrected chi connectivity index (χ4v) is 2.10. The van der Waals surface area contributed by atoms with Crippen LogP contribution in [0.1, 0.15) is 6.92 Å². The molecule has 1 N–H and O–H groups in total. The molecule has 18 heavy (non-hydrogen) atoms. The van der Waals surface area contributed by atoms with Crippen LogP contribution in [0.15, 0.2) is 24.5 Å². The topological polar surface area (TPSA) is 62.1 Å². The van der Waals surface area contributed by atoms with Crippen LogP contribution in [-0.2, 0) is 14.2 Å². The Balaban J connectivity index is 2.12. The van der Waals surface area contributed by atoms with E-state index < -0.39 is 24.6 Å². The molecule has 6 nitrogen and oxygen atoms in total. The van der Waals surface area contributed by atoms with Crippen molar-refractivity contribution < 1.29 is 24.2 Å². The summed E-state index contributed by atoms with van der Waals surface area (Å²) >= 11 is 0. The van der Waals surface area contributed by atoms with Crippen LogP contribution in [-0.4, -0.2) is 54.8 Å². The van der Waals surface area contributed by atoms with Gasteiger partial charge in [0.25, 0.3) is 6.29 Å². The lowest BCUT2D eigenvalue weighted by atomic mass is 10.00. The van der Waals surface area contributed by atoms with Gasteiger partial charge in [-0.3, -0.25) is 0 Å². The minimum absolute atomic E-state index is 0.387. The molecular formula is C12H19NO5. The van der Waals surface area contributed by atoms with Crippen LogP contribution in [0.2, 0.25) is 0 Å². The van der Waals surface area contributed by atoms with Crippen molar-refractivity contribution in [1.82, 2.24) is 4.73 Å². The van der Waals surface area contributed by atoms with Crippen LogP contribution in [0.4, 0.5) is 0 Å². The number of hydrogen-bond acceptors (Lipinski definition) is 5. The molecule has 2 rings (SSSR count). The van der Waals surface area contributed by atoms with Gasteiger partial charge in [0.05, 0.1) is 6.10 Å². The van der Waals surface area contributed by atoms with Crippen molar-refractivity contribution in [3.63, 3.8) is 0 Å². The van der Waals surface area contributed by atoms with Gasteiger partial charge in [0, 0.05) is 26.6 Å². The average Bonchev–Trinajstić information content (AvgIpc) is 2.86. The molecule has 0 amide bonds. The second-order valence-corrected chi connectivity index (χ2v) is 4.25. The second-order valence-electron chi connectivity index (χ2n) is 4.25. The maximum atomic E-state index is 9.99. The van der Waals surface area contributed by atoms with Crippen LogP contribution >= 0.6 is 0 Å². The van der Waals surface area contributed by atoms with Crippen LogP contribution < -0.4 is 4.84 Å². The SMILES string of the molecule is CO[C@@H]1[C@H](On2cccc2)O[C@@H](C)[C@H](O)[C@H]1OC. The highest BCUT2D eigenvalue weighted by molar-refractivity contribution is 4.91. The summed E-state index contributed by atoms with van der Waals surface area (Å²) < 4.78 is 17.8. The Morgan fingerprint density at radius 2 is 1.72 bits per heavy atom. The van der Waals surface area contributed by atoms with Gasteiger partial charge in [0.2, 0.25) is 0 Å². The Kier molecular flexibility index (Phi) is 4.23. The van der Waals surface area contributed by atoms with E-state index in [1.807, 2.05) is 12.1 Å². The van der Waals surface area contributed by atoms with Gasteiger partial charge in [-0.2, -0.15) is 4.73 Å². The molecule has 0 saturated carbocycles. The molecule has 2 heterocycles. The Bertz CT molecular complexity index is 355. The molecule has 0 aliphatic carbocycles. The summed E-state index contributed by atoms with van der Waals surface area (Å²) in [6.45, 7) is 1.77. The lowest BCUT2D eigenvalue weighted by Crippen LogP contribution is -2.60. The molecule has 1 aliphatic heterocycles. The highest BCUT2D eigenvalue weighted by Gasteiger charge is 2.45. The van der Waals surface area contributed by atoms with E-state index in [1.54, 1.807) is 19.3 Å². The summed E-state index contributed by atoms with van der Waals surface area (Å²) in [5.74, 6) is 0. The quantitative estimate of drug-likeness (QED) is 0.826. The minimum Gasteiger partial charge on any atom is -0.388 e. The molecule has 0 aromatic carbocycles. The Hall–Kier alpha value is -1.08. The van der Waals surface area contributed by atoms with E-state index in [0.717, 1.165) is 0 Å². The first-order valence-corrected chi connectivity index (χ1v) is 5.86. The van der Waals surface area contributed by atoms with Crippen molar-refractivity contribution in [3.8, 4) is 0 Å². The first-order valence-electron chi connectivity index (χ1n) is 5.86. The molecule has 6 heteroatoms. The number of aliphatic hydroxyl groups is 1. The molecule has 5 atom stereocenters. The molecule has 1 saturated heterocycles. The fourth-order valence-electron chi connectivity index (χ4n) is 2.10. The molecule has 102 valence electrons. The zero-order valence-corrected chi connectivity index (χ0v) is 10.7. The summed E-state index contributed by atoms with van der Waals surface area (Å²) in [6, 6.07) is 3.69. The van der Waals surface area contributed by atoms with Gasteiger partial charge in [-0.25, -0.2) is 0 Å². The molecule has 0 unspecified atom stereocenters. The lowest BCUT2D eigenvalue weighted by Gasteiger charge is -2.41. The molecule has 1 fully saturated rings. The van der Waals surface area contributed by atoms with Crippen molar-refractivity contribution in [1.29, 1.82) is 0 Å². The van der Waals surface area contributed by atoms with E-state index in [-0.39, 0.29) is 6.10 Å². The third kappa shape index (κ3) is 2.51. The maximum absolute atomic E-state index is 9.99. The molecule has 0 radical (unpaired) electrons. The van der Waals surface area contributed by atoms with Crippen molar-refractivity contribution in [2.45, 2.75) is 37.6 Å². The monoisotopic (exact) mass is 257 g/mol. The van der Waals surface area contributed by atoms with E-state index in [1.165, 1.54) is 19.0 Å².